The number of unbranched alkanes of at least 4 members (excludes halogenated alkanes) is 1. The minimum atomic E-state index is 0.322. The lowest BCUT2D eigenvalue weighted by atomic mass is 9.74. The smallest absolute Gasteiger partial charge is 0.237 e. The second-order valence-corrected chi connectivity index (χ2v) is 8.13. The minimum absolute atomic E-state index is 0.322. The Morgan fingerprint density at radius 3 is 2.33 bits per heavy atom. The predicted molar refractivity (Wildman–Crippen MR) is 102 cm³/mol. The molecule has 0 fully saturated rings. The first-order chi connectivity index (χ1) is 11.4. The fourth-order valence-corrected chi connectivity index (χ4v) is 3.46. The van der Waals surface area contributed by atoms with Crippen LogP contribution in [0.5, 0.6) is 0 Å². The zero-order chi connectivity index (χ0) is 17.6. The van der Waals surface area contributed by atoms with E-state index in [9.17, 15) is 0 Å². The molecule has 2 nitrogen and oxygen atoms in total. The number of aromatic nitrogens is 2. The van der Waals surface area contributed by atoms with Gasteiger partial charge in [0, 0.05) is 0 Å². The fraction of sp³-hybridized carbons (Fsp3) is 0.591. The van der Waals surface area contributed by atoms with Crippen LogP contribution >= 0.6 is 0 Å². The zero-order valence-electron chi connectivity index (χ0n) is 16.3. The third kappa shape index (κ3) is 5.22. The number of hydrogen-bond acceptors (Lipinski definition) is 0. The van der Waals surface area contributed by atoms with E-state index in [1.807, 2.05) is 0 Å². The van der Waals surface area contributed by atoms with Gasteiger partial charge < -0.3 is 0 Å². The molecule has 2 aromatic rings. The summed E-state index contributed by atoms with van der Waals surface area (Å²) in [6.45, 7) is 13.7. The highest BCUT2D eigenvalue weighted by Gasteiger charge is 2.25. The van der Waals surface area contributed by atoms with E-state index in [0.717, 1.165) is 13.1 Å². The maximum atomic E-state index is 2.36. The Morgan fingerprint density at radius 1 is 1.04 bits per heavy atom. The van der Waals surface area contributed by atoms with Crippen LogP contribution in [0, 0.1) is 5.41 Å². The summed E-state index contributed by atoms with van der Waals surface area (Å²) in [7, 11) is 0. The third-order valence-corrected chi connectivity index (χ3v) is 4.89. The average molecular weight is 328 g/mol. The van der Waals surface area contributed by atoms with Crippen LogP contribution in [-0.4, -0.2) is 4.57 Å². The van der Waals surface area contributed by atoms with Gasteiger partial charge in [-0.1, -0.05) is 71.7 Å². The second-order valence-electron chi connectivity index (χ2n) is 8.13. The van der Waals surface area contributed by atoms with E-state index >= 15 is 0 Å². The number of benzene rings is 1. The molecule has 132 valence electrons. The van der Waals surface area contributed by atoms with E-state index in [4.69, 9.17) is 0 Å². The van der Waals surface area contributed by atoms with Crippen LogP contribution in [0.15, 0.2) is 43.0 Å². The van der Waals surface area contributed by atoms with Gasteiger partial charge in [0.2, 0.25) is 6.33 Å². The first kappa shape index (κ1) is 18.8. The van der Waals surface area contributed by atoms with Gasteiger partial charge in [-0.05, 0) is 35.3 Å². The molecule has 0 bridgehead atoms. The van der Waals surface area contributed by atoms with Crippen molar-refractivity contribution in [2.45, 2.75) is 79.3 Å². The molecule has 1 atom stereocenters. The van der Waals surface area contributed by atoms with E-state index < -0.39 is 0 Å². The summed E-state index contributed by atoms with van der Waals surface area (Å²) < 4.78 is 4.56. The Balaban J connectivity index is 2.04. The van der Waals surface area contributed by atoms with Gasteiger partial charge in [0.25, 0.3) is 0 Å². The van der Waals surface area contributed by atoms with E-state index in [1.165, 1.54) is 36.8 Å². The molecule has 0 radical (unpaired) electrons. The molecule has 0 aliphatic carbocycles. The quantitative estimate of drug-likeness (QED) is 0.562. The highest BCUT2D eigenvalue weighted by Crippen LogP contribution is 2.38. The van der Waals surface area contributed by atoms with Crippen molar-refractivity contribution in [2.75, 3.05) is 0 Å². The molecule has 2 rings (SSSR count). The monoisotopic (exact) mass is 327 g/mol. The Morgan fingerprint density at radius 2 is 1.75 bits per heavy atom. The van der Waals surface area contributed by atoms with Crippen molar-refractivity contribution in [3.8, 4) is 0 Å². The lowest BCUT2D eigenvalue weighted by Crippen LogP contribution is -2.31. The topological polar surface area (TPSA) is 8.81 Å². The molecule has 24 heavy (non-hydrogen) atoms. The molecule has 2 heteroatoms. The second kappa shape index (κ2) is 8.50. The molecule has 1 aromatic heterocycles. The lowest BCUT2D eigenvalue weighted by Gasteiger charge is -2.31. The summed E-state index contributed by atoms with van der Waals surface area (Å²) in [5.41, 5.74) is 3.18. The normalized spacial score (nSPS) is 13.2. The summed E-state index contributed by atoms with van der Waals surface area (Å²) in [5, 5.41) is 0. The average Bonchev–Trinajstić information content (AvgIpc) is 2.98. The molecule has 0 amide bonds. The number of rotatable bonds is 8. The SMILES string of the molecule is CCCCn1cc[n+](Cc2ccc(C(CCC)C(C)(C)C)cc2)c1. The van der Waals surface area contributed by atoms with Crippen LogP contribution in [0.3, 0.4) is 0 Å². The van der Waals surface area contributed by atoms with Crippen molar-refractivity contribution in [3.63, 3.8) is 0 Å². The fourth-order valence-electron chi connectivity index (χ4n) is 3.46. The van der Waals surface area contributed by atoms with Gasteiger partial charge in [-0.3, -0.25) is 0 Å². The van der Waals surface area contributed by atoms with E-state index in [0.29, 0.717) is 11.3 Å². The molecule has 1 aromatic carbocycles. The van der Waals surface area contributed by atoms with Crippen LogP contribution in [0.4, 0.5) is 0 Å². The first-order valence-corrected chi connectivity index (χ1v) is 9.57. The molecule has 0 aliphatic heterocycles. The van der Waals surface area contributed by atoms with Gasteiger partial charge in [0.1, 0.15) is 18.9 Å². The summed E-state index contributed by atoms with van der Waals surface area (Å²) >= 11 is 0. The molecule has 0 N–H and O–H groups in total. The Hall–Kier alpha value is -1.57. The number of nitrogens with zero attached hydrogens (tertiary/aromatic N) is 2. The summed E-state index contributed by atoms with van der Waals surface area (Å²) in [6, 6.07) is 9.30. The van der Waals surface area contributed by atoms with Crippen molar-refractivity contribution < 1.29 is 4.57 Å². The van der Waals surface area contributed by atoms with E-state index in [2.05, 4.69) is 86.7 Å². The van der Waals surface area contributed by atoms with Crippen molar-refractivity contribution in [1.82, 2.24) is 4.57 Å². The maximum Gasteiger partial charge on any atom is 0.244 e. The molecule has 1 heterocycles. The van der Waals surface area contributed by atoms with Crippen LogP contribution in [0.2, 0.25) is 0 Å². The van der Waals surface area contributed by atoms with Crippen LogP contribution in [0.1, 0.15) is 77.3 Å². The minimum Gasteiger partial charge on any atom is -0.237 e. The molecule has 0 spiro atoms. The number of aryl methyl sites for hydroxylation is 1. The van der Waals surface area contributed by atoms with Crippen molar-refractivity contribution in [2.24, 2.45) is 5.41 Å². The Bertz CT molecular complexity index is 602. The van der Waals surface area contributed by atoms with Gasteiger partial charge in [0.15, 0.2) is 0 Å². The third-order valence-electron chi connectivity index (χ3n) is 4.89. The molecular weight excluding hydrogens is 292 g/mol. The predicted octanol–water partition coefficient (Wildman–Crippen LogP) is 5.55. The van der Waals surface area contributed by atoms with Crippen LogP contribution in [-0.2, 0) is 13.1 Å². The summed E-state index contributed by atoms with van der Waals surface area (Å²) in [4.78, 5) is 0. The number of imidazole rings is 1. The van der Waals surface area contributed by atoms with Crippen LogP contribution in [0.25, 0.3) is 0 Å². The number of hydrogen-bond donors (Lipinski definition) is 0. The largest absolute Gasteiger partial charge is 0.244 e. The van der Waals surface area contributed by atoms with Crippen molar-refractivity contribution in [1.29, 1.82) is 0 Å². The van der Waals surface area contributed by atoms with Gasteiger partial charge in [-0.25, -0.2) is 9.13 Å². The van der Waals surface area contributed by atoms with Gasteiger partial charge in [-0.15, -0.1) is 0 Å². The highest BCUT2D eigenvalue weighted by atomic mass is 15.1. The van der Waals surface area contributed by atoms with Gasteiger partial charge in [0.05, 0.1) is 6.54 Å². The highest BCUT2D eigenvalue weighted by molar-refractivity contribution is 5.26. The summed E-state index contributed by atoms with van der Waals surface area (Å²) in [5.74, 6) is 0.638. The van der Waals surface area contributed by atoms with Crippen molar-refractivity contribution in [3.05, 3.63) is 54.1 Å². The maximum absolute atomic E-state index is 2.36. The molecule has 0 aliphatic rings. The zero-order valence-corrected chi connectivity index (χ0v) is 16.3. The van der Waals surface area contributed by atoms with Gasteiger partial charge in [-0.2, -0.15) is 0 Å². The molecular formula is C22H35N2+. The first-order valence-electron chi connectivity index (χ1n) is 9.57. The van der Waals surface area contributed by atoms with E-state index in [1.54, 1.807) is 0 Å². The Labute approximate surface area is 148 Å². The van der Waals surface area contributed by atoms with Crippen molar-refractivity contribution >= 4 is 0 Å². The lowest BCUT2D eigenvalue weighted by molar-refractivity contribution is -0.687. The van der Waals surface area contributed by atoms with Gasteiger partial charge >= 0.3 is 0 Å². The molecule has 0 saturated heterocycles. The molecule has 1 unspecified atom stereocenters. The Kier molecular flexibility index (Phi) is 6.65. The van der Waals surface area contributed by atoms with E-state index in [-0.39, 0.29) is 0 Å². The van der Waals surface area contributed by atoms with Crippen LogP contribution < -0.4 is 4.57 Å². The standard InChI is InChI=1S/C22H35N2/c1-6-8-14-23-15-16-24(18-23)17-19-10-12-20(13-11-19)21(9-7-2)22(3,4)5/h10-13,15-16,18,21H,6-9,14,17H2,1-5H3/q+1. The summed E-state index contributed by atoms with van der Waals surface area (Å²) in [6.07, 6.45) is 11.6. The molecule has 0 saturated carbocycles.